The highest BCUT2D eigenvalue weighted by Crippen LogP contribution is 2.18. The maximum atomic E-state index is 4.23. The molecule has 0 spiro atoms. The van der Waals surface area contributed by atoms with Crippen molar-refractivity contribution in [3.05, 3.63) is 53.6 Å². The normalized spacial score (nSPS) is 11.1. The summed E-state index contributed by atoms with van der Waals surface area (Å²) in [5.41, 5.74) is 5.55. The molecule has 0 fully saturated rings. The van der Waals surface area contributed by atoms with Crippen LogP contribution in [0.25, 0.3) is 16.7 Å². The first-order valence-corrected chi connectivity index (χ1v) is 6.34. The van der Waals surface area contributed by atoms with Crippen LogP contribution in [0.5, 0.6) is 0 Å². The molecule has 2 aromatic carbocycles. The number of aromatic nitrogens is 3. The fourth-order valence-electron chi connectivity index (χ4n) is 2.26. The molecule has 1 heterocycles. The van der Waals surface area contributed by atoms with Gasteiger partial charge in [0.15, 0.2) is 0 Å². The lowest BCUT2D eigenvalue weighted by Gasteiger charge is -2.08. The lowest BCUT2D eigenvalue weighted by atomic mass is 10.1. The standard InChI is InChI=1S/C15H16N4/c1-11-9-13(8-7-12(11)10-16-2)19-15-6-4-3-5-14(15)17-18-19/h3-9,16H,10H2,1-2H3. The van der Waals surface area contributed by atoms with Crippen LogP contribution in [0.2, 0.25) is 0 Å². The molecule has 0 unspecified atom stereocenters. The summed E-state index contributed by atoms with van der Waals surface area (Å²) >= 11 is 0. The van der Waals surface area contributed by atoms with Gasteiger partial charge in [-0.3, -0.25) is 0 Å². The largest absolute Gasteiger partial charge is 0.316 e. The van der Waals surface area contributed by atoms with Crippen LogP contribution in [0.15, 0.2) is 42.5 Å². The molecule has 0 saturated heterocycles. The molecule has 4 heteroatoms. The minimum atomic E-state index is 0.879. The van der Waals surface area contributed by atoms with Crippen molar-refractivity contribution in [1.29, 1.82) is 0 Å². The van der Waals surface area contributed by atoms with Crippen molar-refractivity contribution < 1.29 is 0 Å². The number of para-hydroxylation sites is 1. The zero-order valence-electron chi connectivity index (χ0n) is 11.1. The van der Waals surface area contributed by atoms with Gasteiger partial charge in [0.05, 0.1) is 11.2 Å². The van der Waals surface area contributed by atoms with Crippen molar-refractivity contribution in [2.24, 2.45) is 0 Å². The zero-order chi connectivity index (χ0) is 13.2. The maximum absolute atomic E-state index is 4.23. The third-order valence-electron chi connectivity index (χ3n) is 3.29. The predicted octanol–water partition coefficient (Wildman–Crippen LogP) is 2.45. The highest BCUT2D eigenvalue weighted by Gasteiger charge is 2.07. The van der Waals surface area contributed by atoms with Gasteiger partial charge in [-0.1, -0.05) is 23.4 Å². The smallest absolute Gasteiger partial charge is 0.113 e. The molecule has 0 atom stereocenters. The Balaban J connectivity index is 2.09. The molecule has 96 valence electrons. The Kier molecular flexibility index (Phi) is 3.01. The number of hydrogen-bond donors (Lipinski definition) is 1. The minimum Gasteiger partial charge on any atom is -0.316 e. The molecule has 0 aliphatic carbocycles. The van der Waals surface area contributed by atoms with Crippen LogP contribution in [-0.2, 0) is 6.54 Å². The second-order valence-electron chi connectivity index (χ2n) is 4.63. The summed E-state index contributed by atoms with van der Waals surface area (Å²) < 4.78 is 1.88. The van der Waals surface area contributed by atoms with Crippen LogP contribution in [-0.4, -0.2) is 22.0 Å². The molecule has 0 amide bonds. The van der Waals surface area contributed by atoms with Crippen LogP contribution in [0.1, 0.15) is 11.1 Å². The van der Waals surface area contributed by atoms with Crippen LogP contribution in [0.3, 0.4) is 0 Å². The van der Waals surface area contributed by atoms with Crippen molar-refractivity contribution in [2.45, 2.75) is 13.5 Å². The van der Waals surface area contributed by atoms with E-state index in [9.17, 15) is 0 Å². The molecule has 1 aromatic heterocycles. The van der Waals surface area contributed by atoms with E-state index in [1.165, 1.54) is 11.1 Å². The van der Waals surface area contributed by atoms with E-state index in [0.29, 0.717) is 0 Å². The third-order valence-corrected chi connectivity index (χ3v) is 3.29. The van der Waals surface area contributed by atoms with Crippen molar-refractivity contribution in [1.82, 2.24) is 20.3 Å². The van der Waals surface area contributed by atoms with E-state index in [1.807, 2.05) is 36.0 Å². The quantitative estimate of drug-likeness (QED) is 0.778. The van der Waals surface area contributed by atoms with E-state index in [1.54, 1.807) is 0 Å². The van der Waals surface area contributed by atoms with Gasteiger partial charge in [-0.15, -0.1) is 5.10 Å². The van der Waals surface area contributed by atoms with Gasteiger partial charge in [0.2, 0.25) is 0 Å². The van der Waals surface area contributed by atoms with Gasteiger partial charge < -0.3 is 5.32 Å². The number of aryl methyl sites for hydroxylation is 1. The monoisotopic (exact) mass is 252 g/mol. The molecule has 0 bridgehead atoms. The average Bonchev–Trinajstić information content (AvgIpc) is 2.85. The first-order chi connectivity index (χ1) is 9.29. The number of fused-ring (bicyclic) bond motifs is 1. The molecule has 4 nitrogen and oxygen atoms in total. The van der Waals surface area contributed by atoms with Gasteiger partial charge in [-0.2, -0.15) is 0 Å². The van der Waals surface area contributed by atoms with Gasteiger partial charge in [-0.25, -0.2) is 4.68 Å². The number of nitrogens with zero attached hydrogens (tertiary/aromatic N) is 3. The molecule has 1 N–H and O–H groups in total. The first kappa shape index (κ1) is 11.9. The Labute approximate surface area is 112 Å². The highest BCUT2D eigenvalue weighted by atomic mass is 15.4. The van der Waals surface area contributed by atoms with E-state index >= 15 is 0 Å². The second kappa shape index (κ2) is 4.82. The molecular weight excluding hydrogens is 236 g/mol. The van der Waals surface area contributed by atoms with Gasteiger partial charge >= 0.3 is 0 Å². The zero-order valence-corrected chi connectivity index (χ0v) is 11.1. The fraction of sp³-hybridized carbons (Fsp3) is 0.200. The lowest BCUT2D eigenvalue weighted by Crippen LogP contribution is -2.07. The molecule has 3 rings (SSSR count). The summed E-state index contributed by atoms with van der Waals surface area (Å²) in [5, 5.41) is 11.6. The highest BCUT2D eigenvalue weighted by molar-refractivity contribution is 5.75. The maximum Gasteiger partial charge on any atom is 0.113 e. The Morgan fingerprint density at radius 2 is 2.00 bits per heavy atom. The summed E-state index contributed by atoms with van der Waals surface area (Å²) in [6.07, 6.45) is 0. The number of rotatable bonds is 3. The summed E-state index contributed by atoms with van der Waals surface area (Å²) in [6.45, 7) is 3.00. The van der Waals surface area contributed by atoms with Crippen molar-refractivity contribution in [3.8, 4) is 5.69 Å². The van der Waals surface area contributed by atoms with Crippen molar-refractivity contribution in [2.75, 3.05) is 7.05 Å². The molecule has 0 saturated carbocycles. The Morgan fingerprint density at radius 1 is 1.16 bits per heavy atom. The summed E-state index contributed by atoms with van der Waals surface area (Å²) in [5.74, 6) is 0. The lowest BCUT2D eigenvalue weighted by molar-refractivity contribution is 0.802. The molecule has 3 aromatic rings. The first-order valence-electron chi connectivity index (χ1n) is 6.34. The Hall–Kier alpha value is -2.20. The van der Waals surface area contributed by atoms with Crippen LogP contribution >= 0.6 is 0 Å². The predicted molar refractivity (Wildman–Crippen MR) is 76.4 cm³/mol. The summed E-state index contributed by atoms with van der Waals surface area (Å²) in [6, 6.07) is 14.4. The van der Waals surface area contributed by atoms with Crippen molar-refractivity contribution in [3.63, 3.8) is 0 Å². The molecule has 19 heavy (non-hydrogen) atoms. The van der Waals surface area contributed by atoms with Crippen LogP contribution in [0.4, 0.5) is 0 Å². The average molecular weight is 252 g/mol. The topological polar surface area (TPSA) is 42.7 Å². The number of hydrogen-bond acceptors (Lipinski definition) is 3. The van der Waals surface area contributed by atoms with Gasteiger partial charge in [-0.05, 0) is 49.4 Å². The Bertz CT molecular complexity index is 715. The SMILES string of the molecule is CNCc1ccc(-n2nnc3ccccc32)cc1C. The molecule has 0 radical (unpaired) electrons. The summed E-state index contributed by atoms with van der Waals surface area (Å²) in [7, 11) is 1.96. The van der Waals surface area contributed by atoms with E-state index in [-0.39, 0.29) is 0 Å². The number of nitrogens with one attached hydrogen (secondary N) is 1. The van der Waals surface area contributed by atoms with E-state index in [2.05, 4.69) is 40.8 Å². The minimum absolute atomic E-state index is 0.879. The fourth-order valence-corrected chi connectivity index (χ4v) is 2.26. The van der Waals surface area contributed by atoms with E-state index in [0.717, 1.165) is 23.3 Å². The van der Waals surface area contributed by atoms with E-state index in [4.69, 9.17) is 0 Å². The second-order valence-corrected chi connectivity index (χ2v) is 4.63. The van der Waals surface area contributed by atoms with Crippen molar-refractivity contribution >= 4 is 11.0 Å². The number of benzene rings is 2. The van der Waals surface area contributed by atoms with Gasteiger partial charge in [0, 0.05) is 6.54 Å². The van der Waals surface area contributed by atoms with Crippen LogP contribution in [0, 0.1) is 6.92 Å². The summed E-state index contributed by atoms with van der Waals surface area (Å²) in [4.78, 5) is 0. The molecule has 0 aliphatic heterocycles. The molecular formula is C15H16N4. The van der Waals surface area contributed by atoms with Gasteiger partial charge in [0.1, 0.15) is 5.52 Å². The van der Waals surface area contributed by atoms with E-state index < -0.39 is 0 Å². The van der Waals surface area contributed by atoms with Gasteiger partial charge in [0.25, 0.3) is 0 Å². The molecule has 0 aliphatic rings. The third kappa shape index (κ3) is 2.11. The Morgan fingerprint density at radius 3 is 2.79 bits per heavy atom. The van der Waals surface area contributed by atoms with Crippen LogP contribution < -0.4 is 5.32 Å².